The van der Waals surface area contributed by atoms with Crippen molar-refractivity contribution in [2.24, 2.45) is 0 Å². The Hall–Kier alpha value is -1.11. The topological polar surface area (TPSA) is 44.8 Å². The van der Waals surface area contributed by atoms with Gasteiger partial charge in [-0.3, -0.25) is 0 Å². The van der Waals surface area contributed by atoms with Gasteiger partial charge in [-0.05, 0) is 17.5 Å². The summed E-state index contributed by atoms with van der Waals surface area (Å²) < 4.78 is 16.2. The molecule has 0 saturated heterocycles. The molecule has 4 nitrogen and oxygen atoms in total. The van der Waals surface area contributed by atoms with Crippen LogP contribution in [0.5, 0.6) is 11.5 Å². The first kappa shape index (κ1) is 21.2. The Kier molecular flexibility index (Phi) is 8.88. The average molecular weight is 456 g/mol. The molecule has 1 aromatic heterocycles. The molecule has 0 amide bonds. The third-order valence-electron chi connectivity index (χ3n) is 2.95. The van der Waals surface area contributed by atoms with E-state index in [2.05, 4.69) is 0 Å². The van der Waals surface area contributed by atoms with Gasteiger partial charge in [-0.2, -0.15) is 0 Å². The summed E-state index contributed by atoms with van der Waals surface area (Å²) in [6.07, 6.45) is 1.99. The molecule has 0 aliphatic carbocycles. The standard InChI is InChI=1S/C17H14Cl4O4S/c18-12-9-11(23-7-4-15(20)21)10-13(19)16(12)24-5-2-6-25-17(22)14-3-1-8-26-14/h1,3-4,8-10H,2,5-7H2. The zero-order valence-electron chi connectivity index (χ0n) is 13.3. The molecule has 26 heavy (non-hydrogen) atoms. The molecule has 0 aliphatic rings. The summed E-state index contributed by atoms with van der Waals surface area (Å²) in [5.41, 5.74) is 0. The first-order valence-electron chi connectivity index (χ1n) is 7.44. The number of benzene rings is 1. The van der Waals surface area contributed by atoms with Gasteiger partial charge in [0.05, 0.1) is 23.3 Å². The molecule has 9 heteroatoms. The van der Waals surface area contributed by atoms with Crippen LogP contribution in [0, 0.1) is 0 Å². The summed E-state index contributed by atoms with van der Waals surface area (Å²) >= 11 is 24.7. The highest BCUT2D eigenvalue weighted by Crippen LogP contribution is 2.37. The second kappa shape index (κ2) is 10.9. The first-order chi connectivity index (χ1) is 12.5. The van der Waals surface area contributed by atoms with Crippen molar-refractivity contribution in [3.63, 3.8) is 0 Å². The Morgan fingerprint density at radius 3 is 2.46 bits per heavy atom. The van der Waals surface area contributed by atoms with Crippen molar-refractivity contribution in [3.05, 3.63) is 55.1 Å². The molecule has 2 aromatic rings. The summed E-state index contributed by atoms with van der Waals surface area (Å²) in [5, 5.41) is 2.44. The van der Waals surface area contributed by atoms with Gasteiger partial charge in [0.1, 0.15) is 21.7 Å². The number of carbonyl (C=O) groups is 1. The normalized spacial score (nSPS) is 10.3. The summed E-state index contributed by atoms with van der Waals surface area (Å²) in [7, 11) is 0. The molecule has 0 fully saturated rings. The third-order valence-corrected chi connectivity index (χ3v) is 4.67. The van der Waals surface area contributed by atoms with E-state index >= 15 is 0 Å². The lowest BCUT2D eigenvalue weighted by atomic mass is 10.3. The summed E-state index contributed by atoms with van der Waals surface area (Å²) in [5.74, 6) is 0.461. The lowest BCUT2D eigenvalue weighted by Gasteiger charge is -2.12. The van der Waals surface area contributed by atoms with E-state index in [4.69, 9.17) is 60.6 Å². The maximum Gasteiger partial charge on any atom is 0.348 e. The minimum absolute atomic E-state index is 0.113. The van der Waals surface area contributed by atoms with Crippen LogP contribution in [-0.4, -0.2) is 25.8 Å². The minimum atomic E-state index is -0.344. The first-order valence-corrected chi connectivity index (χ1v) is 9.83. The number of hydrogen-bond acceptors (Lipinski definition) is 5. The van der Waals surface area contributed by atoms with Crippen LogP contribution in [0.2, 0.25) is 10.0 Å². The van der Waals surface area contributed by atoms with E-state index < -0.39 is 0 Å². The van der Waals surface area contributed by atoms with Crippen molar-refractivity contribution >= 4 is 63.7 Å². The van der Waals surface area contributed by atoms with Crippen LogP contribution in [0.3, 0.4) is 0 Å². The number of carbonyl (C=O) groups excluding carboxylic acids is 1. The lowest BCUT2D eigenvalue weighted by molar-refractivity contribution is 0.0491. The molecule has 1 heterocycles. The van der Waals surface area contributed by atoms with Gasteiger partial charge in [-0.1, -0.05) is 52.5 Å². The molecule has 1 aromatic carbocycles. The maximum absolute atomic E-state index is 11.7. The number of halogens is 4. The number of thiophene rings is 1. The fourth-order valence-corrected chi connectivity index (χ4v) is 3.14. The molecule has 0 spiro atoms. The Morgan fingerprint density at radius 1 is 1.12 bits per heavy atom. The largest absolute Gasteiger partial charge is 0.490 e. The molecule has 0 saturated carbocycles. The second-order valence-corrected chi connectivity index (χ2v) is 7.61. The van der Waals surface area contributed by atoms with Crippen LogP contribution >= 0.6 is 57.7 Å². The molecule has 0 radical (unpaired) electrons. The molecule has 0 bridgehead atoms. The number of esters is 1. The number of ether oxygens (including phenoxy) is 3. The van der Waals surface area contributed by atoms with Crippen molar-refractivity contribution in [2.75, 3.05) is 19.8 Å². The minimum Gasteiger partial charge on any atom is -0.490 e. The van der Waals surface area contributed by atoms with Crippen LogP contribution in [0.4, 0.5) is 0 Å². The van der Waals surface area contributed by atoms with E-state index in [9.17, 15) is 4.79 Å². The van der Waals surface area contributed by atoms with E-state index in [-0.39, 0.29) is 23.7 Å². The van der Waals surface area contributed by atoms with Crippen molar-refractivity contribution in [1.82, 2.24) is 0 Å². The summed E-state index contributed by atoms with van der Waals surface area (Å²) in [6.45, 7) is 0.714. The molecule has 2 rings (SSSR count). The molecule has 140 valence electrons. The maximum atomic E-state index is 11.7. The van der Waals surface area contributed by atoms with Gasteiger partial charge >= 0.3 is 5.97 Å². The number of rotatable bonds is 9. The van der Waals surface area contributed by atoms with Gasteiger partial charge in [0, 0.05) is 18.6 Å². The average Bonchev–Trinajstić information content (AvgIpc) is 3.10. The summed E-state index contributed by atoms with van der Waals surface area (Å²) in [4.78, 5) is 12.3. The van der Waals surface area contributed by atoms with Gasteiger partial charge in [0.25, 0.3) is 0 Å². The number of hydrogen-bond donors (Lipinski definition) is 0. The lowest BCUT2D eigenvalue weighted by Crippen LogP contribution is -2.08. The smallest absolute Gasteiger partial charge is 0.348 e. The molecule has 0 N–H and O–H groups in total. The highest BCUT2D eigenvalue weighted by molar-refractivity contribution is 7.11. The van der Waals surface area contributed by atoms with Gasteiger partial charge in [0.2, 0.25) is 0 Å². The fraction of sp³-hybridized carbons (Fsp3) is 0.235. The molecular weight excluding hydrogens is 442 g/mol. The predicted molar refractivity (Wildman–Crippen MR) is 106 cm³/mol. The highest BCUT2D eigenvalue weighted by Gasteiger charge is 2.11. The van der Waals surface area contributed by atoms with Crippen LogP contribution in [0.15, 0.2) is 40.2 Å². The molecule has 0 aliphatic heterocycles. The van der Waals surface area contributed by atoms with Crippen LogP contribution in [0.1, 0.15) is 16.1 Å². The van der Waals surface area contributed by atoms with E-state index in [1.54, 1.807) is 24.3 Å². The zero-order valence-corrected chi connectivity index (χ0v) is 17.2. The predicted octanol–water partition coefficient (Wildman–Crippen LogP) is 6.38. The van der Waals surface area contributed by atoms with Crippen LogP contribution in [-0.2, 0) is 4.74 Å². The van der Waals surface area contributed by atoms with Crippen molar-refractivity contribution in [1.29, 1.82) is 0 Å². The van der Waals surface area contributed by atoms with Crippen molar-refractivity contribution in [2.45, 2.75) is 6.42 Å². The van der Waals surface area contributed by atoms with Crippen molar-refractivity contribution in [3.8, 4) is 11.5 Å². The fourth-order valence-electron chi connectivity index (χ4n) is 1.82. The second-order valence-electron chi connectivity index (χ2n) is 4.84. The van der Waals surface area contributed by atoms with Gasteiger partial charge in [0.15, 0.2) is 5.75 Å². The molecule has 0 atom stereocenters. The molecule has 0 unspecified atom stereocenters. The molecular formula is C17H14Cl4O4S. The van der Waals surface area contributed by atoms with E-state index in [0.717, 1.165) is 0 Å². The monoisotopic (exact) mass is 454 g/mol. The third kappa shape index (κ3) is 6.89. The summed E-state index contributed by atoms with van der Waals surface area (Å²) in [6, 6.07) is 6.66. The Labute approximate surface area is 175 Å². The quantitative estimate of drug-likeness (QED) is 0.325. The SMILES string of the molecule is O=C(OCCCOc1c(Cl)cc(OCC=C(Cl)Cl)cc1Cl)c1cccs1. The highest BCUT2D eigenvalue weighted by atomic mass is 35.5. The van der Waals surface area contributed by atoms with E-state index in [1.807, 2.05) is 5.38 Å². The van der Waals surface area contributed by atoms with Gasteiger partial charge in [-0.25, -0.2) is 4.79 Å². The zero-order chi connectivity index (χ0) is 18.9. The Bertz CT molecular complexity index is 735. The van der Waals surface area contributed by atoms with E-state index in [1.165, 1.54) is 17.4 Å². The van der Waals surface area contributed by atoms with Crippen LogP contribution in [0.25, 0.3) is 0 Å². The van der Waals surface area contributed by atoms with Crippen LogP contribution < -0.4 is 9.47 Å². The Morgan fingerprint density at radius 2 is 1.85 bits per heavy atom. The van der Waals surface area contributed by atoms with Gasteiger partial charge < -0.3 is 14.2 Å². The van der Waals surface area contributed by atoms with Crippen molar-refractivity contribution < 1.29 is 19.0 Å². The van der Waals surface area contributed by atoms with E-state index in [0.29, 0.717) is 39.4 Å². The van der Waals surface area contributed by atoms with Gasteiger partial charge in [-0.15, -0.1) is 11.3 Å². The Balaban J connectivity index is 1.78.